The molecule has 0 unspecified atom stereocenters. The Morgan fingerprint density at radius 3 is 2.24 bits per heavy atom. The Bertz CT molecular complexity index is 694. The van der Waals surface area contributed by atoms with E-state index in [-0.39, 0.29) is 11.2 Å². The van der Waals surface area contributed by atoms with E-state index in [0.717, 1.165) is 17.9 Å². The van der Waals surface area contributed by atoms with Crippen molar-refractivity contribution < 1.29 is 9.13 Å². The van der Waals surface area contributed by atoms with E-state index >= 15 is 0 Å². The van der Waals surface area contributed by atoms with Crippen LogP contribution in [-0.4, -0.2) is 26.7 Å². The highest BCUT2D eigenvalue weighted by molar-refractivity contribution is 5.79. The van der Waals surface area contributed by atoms with E-state index < -0.39 is 0 Å². The predicted octanol–water partition coefficient (Wildman–Crippen LogP) is 3.48. The fraction of sp³-hybridized carbons (Fsp3) is 0.350. The molecule has 0 amide bonds. The SMILES string of the molecule is CN=C(NCc1ccc(F)cc1)NCC(C)(C)c1ccc(OC)cc1. The lowest BCUT2D eigenvalue weighted by Crippen LogP contribution is -2.43. The molecule has 0 heterocycles. The minimum Gasteiger partial charge on any atom is -0.497 e. The van der Waals surface area contributed by atoms with Gasteiger partial charge in [-0.3, -0.25) is 4.99 Å². The smallest absolute Gasteiger partial charge is 0.191 e. The van der Waals surface area contributed by atoms with Crippen molar-refractivity contribution in [1.82, 2.24) is 10.6 Å². The molecule has 0 atom stereocenters. The maximum absolute atomic E-state index is 12.9. The fourth-order valence-electron chi connectivity index (χ4n) is 2.46. The van der Waals surface area contributed by atoms with Gasteiger partial charge in [0.25, 0.3) is 0 Å². The van der Waals surface area contributed by atoms with E-state index in [1.54, 1.807) is 26.3 Å². The highest BCUT2D eigenvalue weighted by atomic mass is 19.1. The predicted molar refractivity (Wildman–Crippen MR) is 101 cm³/mol. The quantitative estimate of drug-likeness (QED) is 0.623. The summed E-state index contributed by atoms with van der Waals surface area (Å²) in [4.78, 5) is 4.25. The van der Waals surface area contributed by atoms with Crippen molar-refractivity contribution in [3.05, 3.63) is 65.5 Å². The highest BCUT2D eigenvalue weighted by Crippen LogP contribution is 2.24. The molecule has 0 aliphatic carbocycles. The van der Waals surface area contributed by atoms with Crippen molar-refractivity contribution in [2.24, 2.45) is 4.99 Å². The third kappa shape index (κ3) is 5.48. The van der Waals surface area contributed by atoms with E-state index in [4.69, 9.17) is 4.74 Å². The number of aliphatic imine (C=N–C) groups is 1. The van der Waals surface area contributed by atoms with Crippen molar-refractivity contribution in [2.45, 2.75) is 25.8 Å². The van der Waals surface area contributed by atoms with Crippen LogP contribution < -0.4 is 15.4 Å². The first-order valence-corrected chi connectivity index (χ1v) is 8.28. The molecule has 0 saturated heterocycles. The van der Waals surface area contributed by atoms with Crippen LogP contribution in [0.25, 0.3) is 0 Å². The number of hydrogen-bond donors (Lipinski definition) is 2. The van der Waals surface area contributed by atoms with Gasteiger partial charge in [-0.25, -0.2) is 4.39 Å². The van der Waals surface area contributed by atoms with Crippen molar-refractivity contribution in [1.29, 1.82) is 0 Å². The lowest BCUT2D eigenvalue weighted by molar-refractivity contribution is 0.414. The molecule has 0 fully saturated rings. The molecular formula is C20H26FN3O. The molecule has 0 aromatic heterocycles. The Morgan fingerprint density at radius 1 is 1.04 bits per heavy atom. The second kappa shape index (κ2) is 8.51. The first-order valence-electron chi connectivity index (χ1n) is 8.28. The lowest BCUT2D eigenvalue weighted by atomic mass is 9.84. The van der Waals surface area contributed by atoms with Crippen LogP contribution >= 0.6 is 0 Å². The molecule has 0 bridgehead atoms. The summed E-state index contributed by atoms with van der Waals surface area (Å²) in [5.41, 5.74) is 2.15. The van der Waals surface area contributed by atoms with Crippen LogP contribution in [0.2, 0.25) is 0 Å². The highest BCUT2D eigenvalue weighted by Gasteiger charge is 2.21. The molecule has 25 heavy (non-hydrogen) atoms. The molecule has 0 saturated carbocycles. The van der Waals surface area contributed by atoms with Gasteiger partial charge in [0, 0.05) is 25.6 Å². The Kier molecular flexibility index (Phi) is 6.39. The van der Waals surface area contributed by atoms with Crippen molar-refractivity contribution in [3.63, 3.8) is 0 Å². The van der Waals surface area contributed by atoms with Crippen LogP contribution in [0.4, 0.5) is 4.39 Å². The van der Waals surface area contributed by atoms with Gasteiger partial charge in [-0.2, -0.15) is 0 Å². The van der Waals surface area contributed by atoms with Gasteiger partial charge in [0.15, 0.2) is 5.96 Å². The number of nitrogens with zero attached hydrogens (tertiary/aromatic N) is 1. The van der Waals surface area contributed by atoms with Crippen LogP contribution in [0.1, 0.15) is 25.0 Å². The number of ether oxygens (including phenoxy) is 1. The zero-order valence-corrected chi connectivity index (χ0v) is 15.3. The second-order valence-electron chi connectivity index (χ2n) is 6.52. The molecule has 2 aromatic rings. The second-order valence-corrected chi connectivity index (χ2v) is 6.52. The molecule has 0 radical (unpaired) electrons. The summed E-state index contributed by atoms with van der Waals surface area (Å²) < 4.78 is 18.2. The van der Waals surface area contributed by atoms with Gasteiger partial charge in [-0.15, -0.1) is 0 Å². The normalized spacial score (nSPS) is 12.0. The molecule has 0 spiro atoms. The van der Waals surface area contributed by atoms with Crippen molar-refractivity contribution in [3.8, 4) is 5.75 Å². The lowest BCUT2D eigenvalue weighted by Gasteiger charge is -2.27. The summed E-state index contributed by atoms with van der Waals surface area (Å²) in [5, 5.41) is 6.60. The maximum Gasteiger partial charge on any atom is 0.191 e. The zero-order chi connectivity index (χ0) is 18.3. The van der Waals surface area contributed by atoms with Crippen LogP contribution in [-0.2, 0) is 12.0 Å². The first kappa shape index (κ1) is 18.8. The van der Waals surface area contributed by atoms with E-state index in [9.17, 15) is 4.39 Å². The van der Waals surface area contributed by atoms with Gasteiger partial charge in [-0.1, -0.05) is 38.1 Å². The summed E-state index contributed by atoms with van der Waals surface area (Å²) in [6, 6.07) is 14.5. The number of methoxy groups -OCH3 is 1. The number of hydrogen-bond acceptors (Lipinski definition) is 2. The molecule has 2 rings (SSSR count). The van der Waals surface area contributed by atoms with Gasteiger partial charge in [0.2, 0.25) is 0 Å². The van der Waals surface area contributed by atoms with Crippen LogP contribution in [0.3, 0.4) is 0 Å². The van der Waals surface area contributed by atoms with E-state index in [2.05, 4.69) is 41.6 Å². The Labute approximate surface area is 149 Å². The van der Waals surface area contributed by atoms with Crippen molar-refractivity contribution in [2.75, 3.05) is 20.7 Å². The third-order valence-corrected chi connectivity index (χ3v) is 4.17. The Balaban J connectivity index is 1.91. The average molecular weight is 343 g/mol. The summed E-state index contributed by atoms with van der Waals surface area (Å²) >= 11 is 0. The van der Waals surface area contributed by atoms with Gasteiger partial charge < -0.3 is 15.4 Å². The summed E-state index contributed by atoms with van der Waals surface area (Å²) in [5.74, 6) is 1.34. The molecule has 5 heteroatoms. The zero-order valence-electron chi connectivity index (χ0n) is 15.3. The number of benzene rings is 2. The topological polar surface area (TPSA) is 45.7 Å². The molecule has 2 N–H and O–H groups in total. The standard InChI is InChI=1S/C20H26FN3O/c1-20(2,16-7-11-18(25-4)12-8-16)14-24-19(22-3)23-13-15-5-9-17(21)10-6-15/h5-12H,13-14H2,1-4H3,(H2,22,23,24). The summed E-state index contributed by atoms with van der Waals surface area (Å²) in [6.45, 7) is 5.66. The van der Waals surface area contributed by atoms with Gasteiger partial charge in [-0.05, 0) is 35.4 Å². The molecule has 0 aliphatic rings. The number of nitrogens with one attached hydrogen (secondary N) is 2. The maximum atomic E-state index is 12.9. The van der Waals surface area contributed by atoms with Crippen molar-refractivity contribution >= 4 is 5.96 Å². The van der Waals surface area contributed by atoms with E-state index in [1.165, 1.54) is 17.7 Å². The summed E-state index contributed by atoms with van der Waals surface area (Å²) in [6.07, 6.45) is 0. The molecule has 134 valence electrons. The monoisotopic (exact) mass is 343 g/mol. The van der Waals surface area contributed by atoms with E-state index in [1.807, 2.05) is 12.1 Å². The number of halogens is 1. The number of rotatable bonds is 6. The third-order valence-electron chi connectivity index (χ3n) is 4.17. The Hall–Kier alpha value is -2.56. The van der Waals surface area contributed by atoms with Crippen LogP contribution in [0, 0.1) is 5.82 Å². The first-order chi connectivity index (χ1) is 11.9. The minimum atomic E-state index is -0.229. The minimum absolute atomic E-state index is 0.0697. The Morgan fingerprint density at radius 2 is 1.68 bits per heavy atom. The van der Waals surface area contributed by atoms with Crippen LogP contribution in [0.15, 0.2) is 53.5 Å². The van der Waals surface area contributed by atoms with Gasteiger partial charge in [0.05, 0.1) is 7.11 Å². The molecule has 2 aromatic carbocycles. The van der Waals surface area contributed by atoms with Gasteiger partial charge in [0.1, 0.15) is 11.6 Å². The number of guanidine groups is 1. The largest absolute Gasteiger partial charge is 0.497 e. The fourth-order valence-corrected chi connectivity index (χ4v) is 2.46. The molecule has 0 aliphatic heterocycles. The summed E-state index contributed by atoms with van der Waals surface area (Å²) in [7, 11) is 3.40. The molecular weight excluding hydrogens is 317 g/mol. The van der Waals surface area contributed by atoms with Crippen LogP contribution in [0.5, 0.6) is 5.75 Å². The molecule has 4 nitrogen and oxygen atoms in total. The van der Waals surface area contributed by atoms with Gasteiger partial charge >= 0.3 is 0 Å². The average Bonchev–Trinajstić information content (AvgIpc) is 2.63. The van der Waals surface area contributed by atoms with E-state index in [0.29, 0.717) is 12.5 Å².